The van der Waals surface area contributed by atoms with Crippen LogP contribution < -0.4 is 0 Å². The van der Waals surface area contributed by atoms with E-state index in [0.29, 0.717) is 6.42 Å². The number of carbonyl (C=O) groups excluding carboxylic acids is 1. The highest BCUT2D eigenvalue weighted by Gasteiger charge is 2.16. The highest BCUT2D eigenvalue weighted by atomic mass is 32.2. The number of hydrogen-bond acceptors (Lipinski definition) is 5. The van der Waals surface area contributed by atoms with Gasteiger partial charge in [0.15, 0.2) is 0 Å². The first-order valence-corrected chi connectivity index (χ1v) is 9.65. The number of aliphatic hydroxyl groups is 1. The van der Waals surface area contributed by atoms with E-state index in [1.807, 2.05) is 0 Å². The molecular weight excluding hydrogens is 292 g/mol. The van der Waals surface area contributed by atoms with Gasteiger partial charge in [0.1, 0.15) is 0 Å². The van der Waals surface area contributed by atoms with Crippen molar-refractivity contribution in [2.24, 2.45) is 0 Å². The summed E-state index contributed by atoms with van der Waals surface area (Å²) in [6, 6.07) is 0. The van der Waals surface area contributed by atoms with E-state index in [1.165, 1.54) is 38.5 Å². The van der Waals surface area contributed by atoms with Gasteiger partial charge in [-0.3, -0.25) is 4.79 Å². The second kappa shape index (κ2) is 13.1. The molecular formula is C15H30O5S. The van der Waals surface area contributed by atoms with Gasteiger partial charge >= 0.3 is 16.1 Å². The van der Waals surface area contributed by atoms with Crippen LogP contribution in [0.4, 0.5) is 0 Å². The topological polar surface area (TPSA) is 80.7 Å². The van der Waals surface area contributed by atoms with E-state index in [9.17, 15) is 13.2 Å². The van der Waals surface area contributed by atoms with Gasteiger partial charge in [0.05, 0.1) is 5.75 Å². The molecule has 0 radical (unpaired) electrons. The molecule has 0 aliphatic carbocycles. The predicted octanol–water partition coefficient (Wildman–Crippen LogP) is 3.16. The lowest BCUT2D eigenvalue weighted by Crippen LogP contribution is -2.16. The Kier molecular flexibility index (Phi) is 12.7. The van der Waals surface area contributed by atoms with Crippen molar-refractivity contribution in [2.75, 3.05) is 12.4 Å². The van der Waals surface area contributed by atoms with Gasteiger partial charge in [-0.05, 0) is 12.8 Å². The Morgan fingerprint density at radius 3 is 1.95 bits per heavy atom. The van der Waals surface area contributed by atoms with E-state index in [0.717, 1.165) is 12.8 Å². The summed E-state index contributed by atoms with van der Waals surface area (Å²) in [6.45, 7) is 1.97. The lowest BCUT2D eigenvalue weighted by molar-refractivity contribution is -0.133. The summed E-state index contributed by atoms with van der Waals surface area (Å²) >= 11 is 0. The molecule has 0 aromatic carbocycles. The van der Waals surface area contributed by atoms with Gasteiger partial charge in [-0.25, -0.2) is 0 Å². The molecule has 0 unspecified atom stereocenters. The maximum absolute atomic E-state index is 11.4. The van der Waals surface area contributed by atoms with Gasteiger partial charge in [0.2, 0.25) is 0 Å². The fourth-order valence-corrected chi connectivity index (χ4v) is 2.98. The third kappa shape index (κ3) is 14.1. The Labute approximate surface area is 129 Å². The Morgan fingerprint density at radius 2 is 1.43 bits per heavy atom. The number of hydrogen-bond donors (Lipinski definition) is 1. The minimum absolute atomic E-state index is 0.0909. The van der Waals surface area contributed by atoms with Crippen LogP contribution in [0, 0.1) is 0 Å². The van der Waals surface area contributed by atoms with Crippen LogP contribution in [0.5, 0.6) is 0 Å². The first-order chi connectivity index (χ1) is 10.0. The standard InChI is InChI=1S/C15H30O5S/c1-2-3-4-5-6-7-8-9-10-12-15(17)20-21(18,19)14-11-13-16/h16H,2-14H2,1H3. The van der Waals surface area contributed by atoms with Gasteiger partial charge in [0.25, 0.3) is 0 Å². The molecule has 21 heavy (non-hydrogen) atoms. The SMILES string of the molecule is CCCCCCCCCCCC(=O)OS(=O)(=O)CCCO. The summed E-state index contributed by atoms with van der Waals surface area (Å²) in [5.41, 5.74) is 0. The summed E-state index contributed by atoms with van der Waals surface area (Å²) in [5, 5.41) is 8.55. The average Bonchev–Trinajstić information content (AvgIpc) is 2.43. The van der Waals surface area contributed by atoms with Gasteiger partial charge < -0.3 is 9.29 Å². The Morgan fingerprint density at radius 1 is 0.905 bits per heavy atom. The number of rotatable bonds is 14. The third-order valence-electron chi connectivity index (χ3n) is 3.26. The monoisotopic (exact) mass is 322 g/mol. The molecule has 5 nitrogen and oxygen atoms in total. The quantitative estimate of drug-likeness (QED) is 0.392. The van der Waals surface area contributed by atoms with Crippen molar-refractivity contribution >= 4 is 16.1 Å². The molecule has 0 saturated heterocycles. The van der Waals surface area contributed by atoms with Crippen molar-refractivity contribution in [3.8, 4) is 0 Å². The molecule has 0 aromatic rings. The molecule has 0 saturated carbocycles. The molecule has 0 aliphatic rings. The zero-order chi connectivity index (χ0) is 16.0. The van der Waals surface area contributed by atoms with E-state index in [4.69, 9.17) is 5.11 Å². The minimum atomic E-state index is -3.81. The van der Waals surface area contributed by atoms with Crippen molar-refractivity contribution in [1.29, 1.82) is 0 Å². The predicted molar refractivity (Wildman–Crippen MR) is 83.4 cm³/mol. The molecule has 1 N–H and O–H groups in total. The average molecular weight is 322 g/mol. The minimum Gasteiger partial charge on any atom is -0.396 e. The molecule has 0 rings (SSSR count). The van der Waals surface area contributed by atoms with Gasteiger partial charge in [0, 0.05) is 13.0 Å². The second-order valence-electron chi connectivity index (χ2n) is 5.37. The van der Waals surface area contributed by atoms with Crippen molar-refractivity contribution in [2.45, 2.75) is 77.6 Å². The zero-order valence-electron chi connectivity index (χ0n) is 13.2. The Bertz CT molecular complexity index is 351. The summed E-state index contributed by atoms with van der Waals surface area (Å²) in [7, 11) is -3.81. The molecule has 0 spiro atoms. The summed E-state index contributed by atoms with van der Waals surface area (Å²) in [4.78, 5) is 11.4. The summed E-state index contributed by atoms with van der Waals surface area (Å²) in [5.74, 6) is -0.997. The number of carbonyl (C=O) groups is 1. The van der Waals surface area contributed by atoms with Crippen LogP contribution in [0.2, 0.25) is 0 Å². The van der Waals surface area contributed by atoms with Gasteiger partial charge in [-0.1, -0.05) is 58.3 Å². The Hall–Kier alpha value is -0.620. The third-order valence-corrected chi connectivity index (χ3v) is 4.49. The van der Waals surface area contributed by atoms with E-state index in [2.05, 4.69) is 11.1 Å². The van der Waals surface area contributed by atoms with Crippen molar-refractivity contribution < 1.29 is 22.5 Å². The van der Waals surface area contributed by atoms with Crippen LogP contribution in [0.15, 0.2) is 0 Å². The van der Waals surface area contributed by atoms with Crippen molar-refractivity contribution in [3.63, 3.8) is 0 Å². The lowest BCUT2D eigenvalue weighted by Gasteiger charge is -2.05. The first-order valence-electron chi connectivity index (χ1n) is 8.07. The summed E-state index contributed by atoms with van der Waals surface area (Å²) < 4.78 is 27.0. The molecule has 126 valence electrons. The number of unbranched alkanes of at least 4 members (excludes halogenated alkanes) is 8. The van der Waals surface area contributed by atoms with Crippen LogP contribution in [-0.4, -0.2) is 31.9 Å². The zero-order valence-corrected chi connectivity index (χ0v) is 14.0. The molecule has 0 bridgehead atoms. The van der Waals surface area contributed by atoms with Gasteiger partial charge in [-0.2, -0.15) is 8.42 Å². The van der Waals surface area contributed by atoms with E-state index in [1.54, 1.807) is 0 Å². The molecule has 0 heterocycles. The molecule has 0 amide bonds. The smallest absolute Gasteiger partial charge is 0.322 e. The van der Waals surface area contributed by atoms with Crippen molar-refractivity contribution in [3.05, 3.63) is 0 Å². The fourth-order valence-electron chi connectivity index (χ4n) is 2.05. The maximum Gasteiger partial charge on any atom is 0.322 e. The molecule has 0 aliphatic heterocycles. The van der Waals surface area contributed by atoms with Gasteiger partial charge in [-0.15, -0.1) is 0 Å². The normalized spacial score (nSPS) is 11.5. The first kappa shape index (κ1) is 20.4. The largest absolute Gasteiger partial charge is 0.396 e. The van der Waals surface area contributed by atoms with Crippen LogP contribution >= 0.6 is 0 Å². The second-order valence-corrected chi connectivity index (χ2v) is 7.06. The number of aliphatic hydroxyl groups excluding tert-OH is 1. The van der Waals surface area contributed by atoms with Crippen LogP contribution in [0.25, 0.3) is 0 Å². The molecule has 0 fully saturated rings. The van der Waals surface area contributed by atoms with E-state index in [-0.39, 0.29) is 25.2 Å². The lowest BCUT2D eigenvalue weighted by atomic mass is 10.1. The molecule has 0 atom stereocenters. The Balaban J connectivity index is 3.49. The maximum atomic E-state index is 11.4. The van der Waals surface area contributed by atoms with E-state index < -0.39 is 16.1 Å². The van der Waals surface area contributed by atoms with Crippen LogP contribution in [-0.2, 0) is 19.1 Å². The molecule has 6 heteroatoms. The fraction of sp³-hybridized carbons (Fsp3) is 0.933. The van der Waals surface area contributed by atoms with E-state index >= 15 is 0 Å². The summed E-state index contributed by atoms with van der Waals surface area (Å²) in [6.07, 6.45) is 10.5. The highest BCUT2D eigenvalue weighted by molar-refractivity contribution is 7.87. The van der Waals surface area contributed by atoms with Crippen LogP contribution in [0.1, 0.15) is 77.6 Å². The van der Waals surface area contributed by atoms with Crippen molar-refractivity contribution in [1.82, 2.24) is 0 Å². The van der Waals surface area contributed by atoms with Crippen LogP contribution in [0.3, 0.4) is 0 Å². The molecule has 0 aromatic heterocycles. The highest BCUT2D eigenvalue weighted by Crippen LogP contribution is 2.11.